The Kier molecular flexibility index (Phi) is 4.33. The monoisotopic (exact) mass is 335 g/mol. The van der Waals surface area contributed by atoms with Crippen LogP contribution in [0.4, 0.5) is 5.69 Å². The number of hydrogen-bond donors (Lipinski definition) is 1. The van der Waals surface area contributed by atoms with Crippen molar-refractivity contribution < 1.29 is 26.3 Å². The summed E-state index contributed by atoms with van der Waals surface area (Å²) < 4.78 is 60.0. The van der Waals surface area contributed by atoms with Crippen LogP contribution in [-0.2, 0) is 19.9 Å². The predicted molar refractivity (Wildman–Crippen MR) is 79.1 cm³/mol. The van der Waals surface area contributed by atoms with Crippen LogP contribution in [0.15, 0.2) is 18.2 Å². The number of anilines is 1. The summed E-state index contributed by atoms with van der Waals surface area (Å²) in [6, 6.07) is 4.69. The molecular formula is C12H17NO6S2. The zero-order valence-corrected chi connectivity index (χ0v) is 13.3. The second kappa shape index (κ2) is 5.72. The molecule has 21 heavy (non-hydrogen) atoms. The molecule has 1 aromatic rings. The van der Waals surface area contributed by atoms with Crippen molar-refractivity contribution in [2.24, 2.45) is 0 Å². The molecule has 1 aliphatic heterocycles. The minimum absolute atomic E-state index is 0.101. The molecule has 1 atom stereocenters. The van der Waals surface area contributed by atoms with Crippen LogP contribution in [0, 0.1) is 0 Å². The van der Waals surface area contributed by atoms with E-state index in [1.807, 2.05) is 0 Å². The molecule has 0 radical (unpaired) electrons. The average molecular weight is 335 g/mol. The van der Waals surface area contributed by atoms with Crippen LogP contribution >= 0.6 is 0 Å². The lowest BCUT2D eigenvalue weighted by atomic mass is 10.3. The van der Waals surface area contributed by atoms with Gasteiger partial charge in [0.25, 0.3) is 0 Å². The highest BCUT2D eigenvalue weighted by molar-refractivity contribution is 7.97. The number of nitrogens with one attached hydrogen (secondary N) is 1. The summed E-state index contributed by atoms with van der Waals surface area (Å²) in [5.41, 5.74) is 0.223. The van der Waals surface area contributed by atoms with Crippen molar-refractivity contribution in [3.63, 3.8) is 0 Å². The van der Waals surface area contributed by atoms with Gasteiger partial charge in [-0.15, -0.1) is 0 Å². The van der Waals surface area contributed by atoms with Gasteiger partial charge in [-0.1, -0.05) is 0 Å². The number of sulfonamides is 1. The third-order valence-electron chi connectivity index (χ3n) is 3.29. The van der Waals surface area contributed by atoms with Crippen molar-refractivity contribution in [3.05, 3.63) is 18.2 Å². The Morgan fingerprint density at radius 2 is 1.95 bits per heavy atom. The maximum absolute atomic E-state index is 12.3. The number of rotatable bonds is 5. The van der Waals surface area contributed by atoms with Gasteiger partial charge in [0, 0.05) is 6.07 Å². The van der Waals surface area contributed by atoms with E-state index < -0.39 is 25.1 Å². The predicted octanol–water partition coefficient (Wildman–Crippen LogP) is 0.633. The van der Waals surface area contributed by atoms with E-state index in [9.17, 15) is 16.8 Å². The van der Waals surface area contributed by atoms with E-state index in [0.717, 1.165) is 0 Å². The average Bonchev–Trinajstić information content (AvgIpc) is 2.79. The first-order valence-electron chi connectivity index (χ1n) is 6.21. The van der Waals surface area contributed by atoms with Gasteiger partial charge in [-0.05, 0) is 18.6 Å². The van der Waals surface area contributed by atoms with Gasteiger partial charge >= 0.3 is 0 Å². The molecule has 0 aliphatic carbocycles. The topological polar surface area (TPSA) is 98.8 Å². The fraction of sp³-hybridized carbons (Fsp3) is 0.500. The van der Waals surface area contributed by atoms with Crippen LogP contribution in [0.1, 0.15) is 6.42 Å². The highest BCUT2D eigenvalue weighted by Crippen LogP contribution is 2.31. The third kappa shape index (κ3) is 3.59. The molecule has 0 spiro atoms. The molecule has 1 heterocycles. The van der Waals surface area contributed by atoms with Crippen LogP contribution in [-0.4, -0.2) is 47.8 Å². The number of hydrogen-bond acceptors (Lipinski definition) is 6. The maximum Gasteiger partial charge on any atom is 0.236 e. The number of sulfone groups is 1. The summed E-state index contributed by atoms with van der Waals surface area (Å²) in [6.07, 6.45) is 0.101. The standard InChI is InChI=1S/C12H17NO6S2/c1-18-9-3-4-12(19-2)11(7-9)13-21(16,17)10-5-6-20(14,15)8-10/h3-4,7,10,13H,5-6,8H2,1-2H3/t10-/m1/s1. The summed E-state index contributed by atoms with van der Waals surface area (Å²) >= 11 is 0. The van der Waals surface area contributed by atoms with Crippen molar-refractivity contribution in [3.8, 4) is 11.5 Å². The van der Waals surface area contributed by atoms with E-state index in [4.69, 9.17) is 9.47 Å². The summed E-state index contributed by atoms with van der Waals surface area (Å²) in [5.74, 6) is 0.343. The molecule has 1 aromatic carbocycles. The highest BCUT2D eigenvalue weighted by Gasteiger charge is 2.37. The largest absolute Gasteiger partial charge is 0.497 e. The Balaban J connectivity index is 2.28. The SMILES string of the molecule is COc1ccc(OC)c(NS(=O)(=O)[C@@H]2CCS(=O)(=O)C2)c1. The summed E-state index contributed by atoms with van der Waals surface area (Å²) in [7, 11) is -4.20. The van der Waals surface area contributed by atoms with Gasteiger partial charge < -0.3 is 9.47 Å². The summed E-state index contributed by atoms with van der Waals surface area (Å²) in [6.45, 7) is 0. The first-order valence-corrected chi connectivity index (χ1v) is 9.58. The smallest absolute Gasteiger partial charge is 0.236 e. The van der Waals surface area contributed by atoms with Crippen LogP contribution in [0.25, 0.3) is 0 Å². The van der Waals surface area contributed by atoms with Crippen LogP contribution < -0.4 is 14.2 Å². The van der Waals surface area contributed by atoms with E-state index in [-0.39, 0.29) is 23.6 Å². The molecule has 0 unspecified atom stereocenters. The lowest BCUT2D eigenvalue weighted by Gasteiger charge is -2.15. The molecule has 9 heteroatoms. The molecule has 1 aliphatic rings. The number of ether oxygens (including phenoxy) is 2. The van der Waals surface area contributed by atoms with Crippen molar-refractivity contribution in [2.45, 2.75) is 11.7 Å². The first-order chi connectivity index (χ1) is 9.77. The van der Waals surface area contributed by atoms with Gasteiger partial charge in [0.15, 0.2) is 9.84 Å². The Labute approximate surface area is 124 Å². The molecule has 0 aromatic heterocycles. The lowest BCUT2D eigenvalue weighted by Crippen LogP contribution is -2.29. The summed E-state index contributed by atoms with van der Waals surface area (Å²) in [5, 5.41) is -0.946. The first kappa shape index (κ1) is 15.9. The second-order valence-electron chi connectivity index (χ2n) is 4.74. The molecule has 0 bridgehead atoms. The molecular weight excluding hydrogens is 318 g/mol. The van der Waals surface area contributed by atoms with Gasteiger partial charge in [0.2, 0.25) is 10.0 Å². The summed E-state index contributed by atoms with van der Waals surface area (Å²) in [4.78, 5) is 0. The minimum atomic E-state index is -3.81. The van der Waals surface area contributed by atoms with Crippen molar-refractivity contribution in [1.82, 2.24) is 0 Å². The zero-order chi connectivity index (χ0) is 15.7. The lowest BCUT2D eigenvalue weighted by molar-refractivity contribution is 0.405. The molecule has 0 saturated carbocycles. The van der Waals surface area contributed by atoms with E-state index in [1.54, 1.807) is 12.1 Å². The fourth-order valence-corrected chi connectivity index (χ4v) is 6.23. The van der Waals surface area contributed by atoms with Crippen LogP contribution in [0.5, 0.6) is 11.5 Å². The van der Waals surface area contributed by atoms with Crippen molar-refractivity contribution >= 4 is 25.5 Å². The quantitative estimate of drug-likeness (QED) is 0.847. The van der Waals surface area contributed by atoms with E-state index in [0.29, 0.717) is 11.5 Å². The van der Waals surface area contributed by atoms with Gasteiger partial charge in [-0.2, -0.15) is 0 Å². The Hall–Kier alpha value is -1.48. The maximum atomic E-state index is 12.3. The highest BCUT2D eigenvalue weighted by atomic mass is 32.2. The third-order valence-corrected chi connectivity index (χ3v) is 7.05. The van der Waals surface area contributed by atoms with Crippen molar-refractivity contribution in [2.75, 3.05) is 30.4 Å². The second-order valence-corrected chi connectivity index (χ2v) is 8.93. The van der Waals surface area contributed by atoms with Crippen molar-refractivity contribution in [1.29, 1.82) is 0 Å². The Morgan fingerprint density at radius 3 is 2.48 bits per heavy atom. The fourth-order valence-electron chi connectivity index (χ4n) is 2.14. The van der Waals surface area contributed by atoms with Gasteiger partial charge in [0.05, 0.1) is 36.7 Å². The molecule has 118 valence electrons. The van der Waals surface area contributed by atoms with E-state index >= 15 is 0 Å². The van der Waals surface area contributed by atoms with Gasteiger partial charge in [-0.3, -0.25) is 4.72 Å². The number of benzene rings is 1. The molecule has 0 amide bonds. The normalized spacial score (nSPS) is 21.0. The van der Waals surface area contributed by atoms with E-state index in [1.165, 1.54) is 20.3 Å². The van der Waals surface area contributed by atoms with Crippen LogP contribution in [0.3, 0.4) is 0 Å². The Morgan fingerprint density at radius 1 is 1.24 bits per heavy atom. The van der Waals surface area contributed by atoms with Gasteiger partial charge in [0.1, 0.15) is 11.5 Å². The van der Waals surface area contributed by atoms with Crippen LogP contribution in [0.2, 0.25) is 0 Å². The molecule has 2 rings (SSSR count). The Bertz CT molecular complexity index is 726. The van der Waals surface area contributed by atoms with Gasteiger partial charge in [-0.25, -0.2) is 16.8 Å². The molecule has 1 fully saturated rings. The van der Waals surface area contributed by atoms with E-state index in [2.05, 4.69) is 4.72 Å². The minimum Gasteiger partial charge on any atom is -0.497 e. The number of methoxy groups -OCH3 is 2. The zero-order valence-electron chi connectivity index (χ0n) is 11.7. The molecule has 1 N–H and O–H groups in total. The molecule has 7 nitrogen and oxygen atoms in total. The molecule has 1 saturated heterocycles.